The fraction of sp³-hybridized carbons (Fsp3) is 0.409. The minimum absolute atomic E-state index is 0.0382. The molecule has 1 fully saturated rings. The van der Waals surface area contributed by atoms with Crippen LogP contribution in [0.2, 0.25) is 10.0 Å². The number of fused-ring (bicyclic) bond motifs is 1. The fourth-order valence-electron chi connectivity index (χ4n) is 5.03. The number of hydrogen-bond acceptors (Lipinski definition) is 4. The van der Waals surface area contributed by atoms with Gasteiger partial charge < -0.3 is 10.0 Å². The molecule has 0 spiro atoms. The topological polar surface area (TPSA) is 77.9 Å². The summed E-state index contributed by atoms with van der Waals surface area (Å²) in [6, 6.07) is 11.4. The van der Waals surface area contributed by atoms with Crippen LogP contribution in [0.3, 0.4) is 0 Å². The van der Waals surface area contributed by atoms with Gasteiger partial charge in [0.25, 0.3) is 0 Å². The summed E-state index contributed by atoms with van der Waals surface area (Å²) in [6.07, 6.45) is 0.462. The third-order valence-corrected chi connectivity index (χ3v) is 9.86. The number of carbonyl (C=O) groups is 1. The number of aryl methyl sites for hydroxylation is 1. The van der Waals surface area contributed by atoms with Gasteiger partial charge in [-0.25, -0.2) is 8.42 Å². The minimum Gasteiger partial charge on any atom is -0.480 e. The van der Waals surface area contributed by atoms with Crippen molar-refractivity contribution in [1.29, 1.82) is 0 Å². The highest BCUT2D eigenvalue weighted by atomic mass is 35.5. The van der Waals surface area contributed by atoms with Crippen LogP contribution in [0.4, 0.5) is 5.69 Å². The van der Waals surface area contributed by atoms with Gasteiger partial charge in [0, 0.05) is 30.9 Å². The molecule has 0 bridgehead atoms. The Morgan fingerprint density at radius 2 is 1.71 bits per heavy atom. The van der Waals surface area contributed by atoms with Gasteiger partial charge in [-0.2, -0.15) is 4.31 Å². The highest BCUT2D eigenvalue weighted by molar-refractivity contribution is 7.91. The molecule has 3 atom stereocenters. The lowest BCUT2D eigenvalue weighted by Crippen LogP contribution is -2.63. The Hall–Kier alpha value is -1.80. The first-order valence-corrected chi connectivity index (χ1v) is 12.3. The molecule has 2 aromatic carbocycles. The summed E-state index contributed by atoms with van der Waals surface area (Å²) in [4.78, 5) is 14.6. The number of halogens is 2. The molecule has 166 valence electrons. The molecule has 0 radical (unpaired) electrons. The van der Waals surface area contributed by atoms with E-state index in [0.717, 1.165) is 11.3 Å². The van der Waals surface area contributed by atoms with E-state index in [1.807, 2.05) is 32.0 Å². The molecule has 1 aliphatic carbocycles. The molecule has 4 rings (SSSR count). The molecule has 0 amide bonds. The van der Waals surface area contributed by atoms with Crippen LogP contribution in [0.25, 0.3) is 0 Å². The number of rotatable bonds is 4. The largest absolute Gasteiger partial charge is 0.480 e. The summed E-state index contributed by atoms with van der Waals surface area (Å²) in [7, 11) is -4.19. The van der Waals surface area contributed by atoms with Crippen LogP contribution in [0.1, 0.15) is 31.4 Å². The Balaban J connectivity index is 1.71. The van der Waals surface area contributed by atoms with E-state index >= 15 is 0 Å². The fourth-order valence-corrected chi connectivity index (χ4v) is 7.82. The van der Waals surface area contributed by atoms with Crippen molar-refractivity contribution in [2.24, 2.45) is 0 Å². The van der Waals surface area contributed by atoms with Crippen molar-refractivity contribution in [2.45, 2.75) is 43.5 Å². The van der Waals surface area contributed by atoms with Gasteiger partial charge in [-0.15, -0.1) is 0 Å². The number of hydrogen-bond donors (Lipinski definition) is 1. The number of carboxylic acids is 1. The van der Waals surface area contributed by atoms with Crippen LogP contribution in [0.5, 0.6) is 0 Å². The van der Waals surface area contributed by atoms with Crippen molar-refractivity contribution in [3.05, 3.63) is 63.6 Å². The smallest absolute Gasteiger partial charge is 0.331 e. The maximum Gasteiger partial charge on any atom is 0.331 e. The zero-order valence-corrected chi connectivity index (χ0v) is 19.6. The predicted molar refractivity (Wildman–Crippen MR) is 122 cm³/mol. The normalized spacial score (nSPS) is 26.6. The molecule has 0 saturated carbocycles. The van der Waals surface area contributed by atoms with Crippen LogP contribution in [0.15, 0.2) is 42.5 Å². The van der Waals surface area contributed by atoms with Crippen molar-refractivity contribution in [2.75, 3.05) is 18.0 Å². The first-order chi connectivity index (χ1) is 14.6. The van der Waals surface area contributed by atoms with Gasteiger partial charge in [-0.1, -0.05) is 47.5 Å². The average molecular weight is 483 g/mol. The zero-order chi connectivity index (χ0) is 22.6. The van der Waals surface area contributed by atoms with E-state index in [0.29, 0.717) is 35.1 Å². The summed E-state index contributed by atoms with van der Waals surface area (Å²) in [5.41, 5.74) is 2.02. The Labute approximate surface area is 192 Å². The molecule has 1 unspecified atom stereocenters. The summed E-state index contributed by atoms with van der Waals surface area (Å²) in [6.45, 7) is 4.46. The van der Waals surface area contributed by atoms with Crippen LogP contribution >= 0.6 is 23.2 Å². The van der Waals surface area contributed by atoms with E-state index < -0.39 is 32.8 Å². The average Bonchev–Trinajstić information content (AvgIpc) is 3.11. The Bertz CT molecular complexity index is 1130. The summed E-state index contributed by atoms with van der Waals surface area (Å²) in [5.74, 6) is -1.32. The third kappa shape index (κ3) is 3.42. The predicted octanol–water partition coefficient (Wildman–Crippen LogP) is 4.15. The first kappa shape index (κ1) is 22.4. The van der Waals surface area contributed by atoms with Gasteiger partial charge >= 0.3 is 5.97 Å². The molecule has 1 aliphatic heterocycles. The van der Waals surface area contributed by atoms with Crippen molar-refractivity contribution < 1.29 is 18.3 Å². The summed E-state index contributed by atoms with van der Waals surface area (Å²) >= 11 is 12.2. The standard InChI is InChI=1S/C22H24Cl2N2O4S/c1-14-12-25(17-7-8-19(23)20(24)11-17)13-15(2)26(14)31(29,30)22(21(27)28)10-9-16-5-3-4-6-18(16)22/h3-8,11,14-15H,9-10,12-13H2,1-2H3,(H,27,28)/t14-,15+,22?. The van der Waals surface area contributed by atoms with E-state index in [-0.39, 0.29) is 6.42 Å². The minimum atomic E-state index is -4.19. The monoisotopic (exact) mass is 482 g/mol. The van der Waals surface area contributed by atoms with Crippen molar-refractivity contribution in [1.82, 2.24) is 4.31 Å². The molecule has 1 saturated heterocycles. The number of anilines is 1. The molecule has 1 N–H and O–H groups in total. The summed E-state index contributed by atoms with van der Waals surface area (Å²) < 4.78 is 27.4. The van der Waals surface area contributed by atoms with Gasteiger partial charge in [0.2, 0.25) is 14.8 Å². The van der Waals surface area contributed by atoms with E-state index in [9.17, 15) is 18.3 Å². The molecule has 9 heteroatoms. The second-order valence-electron chi connectivity index (χ2n) is 8.33. The number of piperazine rings is 1. The maximum atomic E-state index is 14.0. The second-order valence-corrected chi connectivity index (χ2v) is 11.2. The second kappa shape index (κ2) is 7.96. The lowest BCUT2D eigenvalue weighted by Gasteiger charge is -2.46. The molecular formula is C22H24Cl2N2O4S. The van der Waals surface area contributed by atoms with Crippen molar-refractivity contribution in [3.63, 3.8) is 0 Å². The van der Waals surface area contributed by atoms with Gasteiger partial charge in [0.05, 0.1) is 10.0 Å². The van der Waals surface area contributed by atoms with E-state index in [1.165, 1.54) is 4.31 Å². The SMILES string of the molecule is C[C@@H]1CN(c2ccc(Cl)c(Cl)c2)C[C@H](C)N1S(=O)(=O)C1(C(=O)O)CCc2ccccc21. The Morgan fingerprint density at radius 3 is 2.32 bits per heavy atom. The van der Waals surface area contributed by atoms with Gasteiger partial charge in [0.15, 0.2) is 0 Å². The Morgan fingerprint density at radius 1 is 1.06 bits per heavy atom. The third-order valence-electron chi connectivity index (χ3n) is 6.37. The van der Waals surface area contributed by atoms with Crippen molar-refractivity contribution >= 4 is 44.9 Å². The zero-order valence-electron chi connectivity index (χ0n) is 17.3. The first-order valence-electron chi connectivity index (χ1n) is 10.1. The highest BCUT2D eigenvalue weighted by Crippen LogP contribution is 2.46. The van der Waals surface area contributed by atoms with Crippen LogP contribution < -0.4 is 4.90 Å². The maximum absolute atomic E-state index is 14.0. The quantitative estimate of drug-likeness (QED) is 0.707. The molecule has 2 aromatic rings. The summed E-state index contributed by atoms with van der Waals surface area (Å²) in [5, 5.41) is 11.1. The number of carboxylic acid groups (broad SMARTS) is 1. The molecule has 31 heavy (non-hydrogen) atoms. The van der Waals surface area contributed by atoms with Gasteiger partial charge in [-0.3, -0.25) is 4.79 Å². The Kier molecular flexibility index (Phi) is 5.75. The van der Waals surface area contributed by atoms with E-state index in [1.54, 1.807) is 24.3 Å². The lowest BCUT2D eigenvalue weighted by atomic mass is 10.0. The lowest BCUT2D eigenvalue weighted by molar-refractivity contribution is -0.140. The molecule has 6 nitrogen and oxygen atoms in total. The molecule has 1 heterocycles. The van der Waals surface area contributed by atoms with Crippen LogP contribution in [0, 0.1) is 0 Å². The van der Waals surface area contributed by atoms with E-state index in [4.69, 9.17) is 23.2 Å². The highest BCUT2D eigenvalue weighted by Gasteiger charge is 2.60. The van der Waals surface area contributed by atoms with Crippen molar-refractivity contribution in [3.8, 4) is 0 Å². The van der Waals surface area contributed by atoms with Gasteiger partial charge in [0.1, 0.15) is 0 Å². The molecule has 2 aliphatic rings. The number of sulfonamides is 1. The number of nitrogens with zero attached hydrogens (tertiary/aromatic N) is 2. The number of aliphatic carboxylic acids is 1. The van der Waals surface area contributed by atoms with E-state index in [2.05, 4.69) is 4.90 Å². The molecular weight excluding hydrogens is 459 g/mol. The van der Waals surface area contributed by atoms with Crippen LogP contribution in [-0.2, 0) is 26.0 Å². The van der Waals surface area contributed by atoms with Gasteiger partial charge in [-0.05, 0) is 56.0 Å². The molecule has 0 aromatic heterocycles. The van der Waals surface area contributed by atoms with Crippen LogP contribution in [-0.4, -0.2) is 49.0 Å². The number of benzene rings is 2.